The van der Waals surface area contributed by atoms with Crippen molar-refractivity contribution in [3.05, 3.63) is 27.9 Å². The fraction of sp³-hybridized carbons (Fsp3) is 0.643. The minimum Gasteiger partial charge on any atom is -0.497 e. The molecule has 0 aliphatic carbocycles. The summed E-state index contributed by atoms with van der Waals surface area (Å²) in [4.78, 5) is 4.55. The summed E-state index contributed by atoms with van der Waals surface area (Å²) in [7, 11) is 0. The summed E-state index contributed by atoms with van der Waals surface area (Å²) in [5.41, 5.74) is 1.11. The number of aryl methyl sites for hydroxylation is 1. The molecule has 18 heavy (non-hydrogen) atoms. The van der Waals surface area contributed by atoms with Gasteiger partial charge in [-0.05, 0) is 38.8 Å². The van der Waals surface area contributed by atoms with Gasteiger partial charge in [0.1, 0.15) is 5.76 Å². The van der Waals surface area contributed by atoms with Crippen LogP contribution in [-0.2, 0) is 11.2 Å². The highest BCUT2D eigenvalue weighted by Gasteiger charge is 2.19. The summed E-state index contributed by atoms with van der Waals surface area (Å²) in [6, 6.07) is 0.288. The molecule has 3 nitrogen and oxygen atoms in total. The van der Waals surface area contributed by atoms with Crippen LogP contribution in [0, 0.1) is 6.92 Å². The van der Waals surface area contributed by atoms with E-state index in [1.807, 2.05) is 6.92 Å². The van der Waals surface area contributed by atoms with E-state index in [0.29, 0.717) is 0 Å². The van der Waals surface area contributed by atoms with Crippen molar-refractivity contribution in [2.75, 3.05) is 13.2 Å². The highest BCUT2D eigenvalue weighted by atomic mass is 32.1. The second-order valence-corrected chi connectivity index (χ2v) is 5.63. The molecule has 0 saturated heterocycles. The molecule has 1 unspecified atom stereocenters. The van der Waals surface area contributed by atoms with Gasteiger partial charge in [0.05, 0.1) is 17.7 Å². The van der Waals surface area contributed by atoms with Gasteiger partial charge in [-0.3, -0.25) is 0 Å². The van der Waals surface area contributed by atoms with Crippen LogP contribution in [-0.4, -0.2) is 24.2 Å². The molecule has 100 valence electrons. The Bertz CT molecular complexity index is 400. The van der Waals surface area contributed by atoms with Crippen molar-refractivity contribution in [1.29, 1.82) is 0 Å². The molecule has 4 heteroatoms. The fourth-order valence-corrected chi connectivity index (χ4v) is 2.90. The number of aromatic nitrogens is 1. The molecule has 1 atom stereocenters. The molecule has 0 aromatic carbocycles. The molecule has 0 radical (unpaired) electrons. The van der Waals surface area contributed by atoms with Gasteiger partial charge < -0.3 is 10.1 Å². The van der Waals surface area contributed by atoms with Crippen molar-refractivity contribution in [3.63, 3.8) is 0 Å². The van der Waals surface area contributed by atoms with Gasteiger partial charge in [0.25, 0.3) is 0 Å². The van der Waals surface area contributed by atoms with Gasteiger partial charge >= 0.3 is 0 Å². The zero-order valence-corrected chi connectivity index (χ0v) is 12.1. The second-order valence-electron chi connectivity index (χ2n) is 4.69. The van der Waals surface area contributed by atoms with E-state index in [1.165, 1.54) is 5.01 Å². The maximum absolute atomic E-state index is 5.79. The molecule has 1 N–H and O–H groups in total. The Morgan fingerprint density at radius 2 is 2.44 bits per heavy atom. The molecule has 2 heterocycles. The monoisotopic (exact) mass is 266 g/mol. The van der Waals surface area contributed by atoms with Crippen LogP contribution in [0.4, 0.5) is 0 Å². The smallest absolute Gasteiger partial charge is 0.109 e. The summed E-state index contributed by atoms with van der Waals surface area (Å²) in [5.74, 6) is 1.11. The number of nitrogens with one attached hydrogen (secondary N) is 1. The number of rotatable bonds is 6. The van der Waals surface area contributed by atoms with Crippen LogP contribution in [0.1, 0.15) is 36.9 Å². The molecule has 1 aliphatic heterocycles. The molecule has 0 bridgehead atoms. The summed E-state index contributed by atoms with van der Waals surface area (Å²) in [5, 5.41) is 6.87. The van der Waals surface area contributed by atoms with Crippen molar-refractivity contribution in [3.8, 4) is 0 Å². The lowest BCUT2D eigenvalue weighted by atomic mass is 10.1. The predicted molar refractivity (Wildman–Crippen MR) is 75.9 cm³/mol. The van der Waals surface area contributed by atoms with Gasteiger partial charge in [-0.15, -0.1) is 11.3 Å². The van der Waals surface area contributed by atoms with E-state index in [-0.39, 0.29) is 6.04 Å². The Labute approximate surface area is 113 Å². The number of hydrogen-bond acceptors (Lipinski definition) is 4. The van der Waals surface area contributed by atoms with Gasteiger partial charge in [-0.2, -0.15) is 0 Å². The molecule has 0 saturated carbocycles. The normalized spacial score (nSPS) is 17.1. The third kappa shape index (κ3) is 3.82. The largest absolute Gasteiger partial charge is 0.497 e. The Morgan fingerprint density at radius 1 is 1.56 bits per heavy atom. The van der Waals surface area contributed by atoms with Crippen LogP contribution in [0.2, 0.25) is 0 Å². The minimum absolute atomic E-state index is 0.288. The number of nitrogens with zero attached hydrogens (tertiary/aromatic N) is 1. The van der Waals surface area contributed by atoms with E-state index in [0.717, 1.165) is 50.3 Å². The first-order valence-corrected chi connectivity index (χ1v) is 7.64. The Balaban J connectivity index is 2.02. The lowest BCUT2D eigenvalue weighted by molar-refractivity contribution is 0.167. The number of thiazole rings is 1. The SMILES string of the molecule is CCCNC(Cc1nc(C)cs1)C1=CCCCO1. The van der Waals surface area contributed by atoms with Crippen molar-refractivity contribution in [2.24, 2.45) is 0 Å². The maximum Gasteiger partial charge on any atom is 0.109 e. The first-order valence-electron chi connectivity index (χ1n) is 6.77. The van der Waals surface area contributed by atoms with Gasteiger partial charge in [0.2, 0.25) is 0 Å². The summed E-state index contributed by atoms with van der Waals surface area (Å²) >= 11 is 1.74. The Kier molecular flexibility index (Phi) is 5.20. The van der Waals surface area contributed by atoms with Crippen molar-refractivity contribution in [2.45, 2.75) is 45.6 Å². The molecule has 0 amide bonds. The van der Waals surface area contributed by atoms with Gasteiger partial charge in [-0.1, -0.05) is 6.92 Å². The molecular weight excluding hydrogens is 244 g/mol. The van der Waals surface area contributed by atoms with Crippen molar-refractivity contribution >= 4 is 11.3 Å². The third-order valence-corrected chi connectivity index (χ3v) is 3.98. The number of hydrogen-bond donors (Lipinski definition) is 1. The minimum atomic E-state index is 0.288. The lowest BCUT2D eigenvalue weighted by Crippen LogP contribution is -2.35. The molecule has 1 aromatic rings. The molecule has 0 spiro atoms. The lowest BCUT2D eigenvalue weighted by Gasteiger charge is -2.24. The van der Waals surface area contributed by atoms with E-state index >= 15 is 0 Å². The quantitative estimate of drug-likeness (QED) is 0.859. The average molecular weight is 266 g/mol. The van der Waals surface area contributed by atoms with Gasteiger partial charge in [0.15, 0.2) is 0 Å². The summed E-state index contributed by atoms with van der Waals surface area (Å²) in [6.45, 7) is 6.11. The zero-order valence-electron chi connectivity index (χ0n) is 11.2. The van der Waals surface area contributed by atoms with E-state index in [2.05, 4.69) is 28.7 Å². The molecule has 1 aliphatic rings. The van der Waals surface area contributed by atoms with E-state index in [4.69, 9.17) is 4.74 Å². The highest BCUT2D eigenvalue weighted by Crippen LogP contribution is 2.19. The summed E-state index contributed by atoms with van der Waals surface area (Å²) in [6.07, 6.45) is 6.58. The van der Waals surface area contributed by atoms with Crippen LogP contribution < -0.4 is 5.32 Å². The predicted octanol–water partition coefficient (Wildman–Crippen LogP) is 3.06. The molecule has 2 rings (SSSR count). The second kappa shape index (κ2) is 6.90. The summed E-state index contributed by atoms with van der Waals surface area (Å²) < 4.78 is 5.79. The van der Waals surface area contributed by atoms with Crippen molar-refractivity contribution in [1.82, 2.24) is 10.3 Å². The number of allylic oxidation sites excluding steroid dienone is 1. The van der Waals surface area contributed by atoms with Crippen LogP contribution in [0.25, 0.3) is 0 Å². The topological polar surface area (TPSA) is 34.2 Å². The average Bonchev–Trinajstić information content (AvgIpc) is 2.81. The first kappa shape index (κ1) is 13.6. The van der Waals surface area contributed by atoms with Crippen molar-refractivity contribution < 1.29 is 4.74 Å². The Hall–Kier alpha value is -0.870. The third-order valence-electron chi connectivity index (χ3n) is 2.99. The maximum atomic E-state index is 5.79. The van der Waals surface area contributed by atoms with Gasteiger partial charge in [-0.25, -0.2) is 4.98 Å². The van der Waals surface area contributed by atoms with Crippen LogP contribution in [0.5, 0.6) is 0 Å². The molecule has 1 aromatic heterocycles. The zero-order chi connectivity index (χ0) is 12.8. The van der Waals surface area contributed by atoms with Crippen LogP contribution in [0.15, 0.2) is 17.2 Å². The van der Waals surface area contributed by atoms with E-state index in [9.17, 15) is 0 Å². The standard InChI is InChI=1S/C14H22N2OS/c1-3-7-15-12(13-6-4-5-8-17-13)9-14-16-11(2)10-18-14/h6,10,12,15H,3-5,7-9H2,1-2H3. The molecule has 0 fully saturated rings. The fourth-order valence-electron chi connectivity index (χ4n) is 2.08. The van der Waals surface area contributed by atoms with Crippen LogP contribution >= 0.6 is 11.3 Å². The highest BCUT2D eigenvalue weighted by molar-refractivity contribution is 7.09. The van der Waals surface area contributed by atoms with E-state index < -0.39 is 0 Å². The van der Waals surface area contributed by atoms with Gasteiger partial charge in [0, 0.05) is 17.5 Å². The van der Waals surface area contributed by atoms with E-state index in [1.54, 1.807) is 11.3 Å². The number of ether oxygens (including phenoxy) is 1. The Morgan fingerprint density at radius 3 is 3.06 bits per heavy atom. The molecular formula is C14H22N2OS. The van der Waals surface area contributed by atoms with Crippen LogP contribution in [0.3, 0.4) is 0 Å². The first-order chi connectivity index (χ1) is 8.79.